The van der Waals surface area contributed by atoms with Crippen molar-refractivity contribution in [3.05, 3.63) is 35.4 Å². The zero-order chi connectivity index (χ0) is 20.1. The Kier molecular flexibility index (Phi) is 6.46. The van der Waals surface area contributed by atoms with Crippen molar-refractivity contribution in [2.75, 3.05) is 7.11 Å². The molecule has 1 aromatic rings. The van der Waals surface area contributed by atoms with E-state index in [1.165, 1.54) is 7.11 Å². The van der Waals surface area contributed by atoms with Crippen LogP contribution in [0.1, 0.15) is 51.0 Å². The summed E-state index contributed by atoms with van der Waals surface area (Å²) in [5.41, 5.74) is 3.95. The second kappa shape index (κ2) is 9.01. The van der Waals surface area contributed by atoms with Gasteiger partial charge in [-0.3, -0.25) is 9.59 Å². The lowest BCUT2D eigenvalue weighted by atomic mass is 9.88. The maximum atomic E-state index is 11.8. The smallest absolute Gasteiger partial charge is 0.311 e. The average molecular weight is 386 g/mol. The Morgan fingerprint density at radius 2 is 2.18 bits per heavy atom. The monoisotopic (exact) mass is 386 g/mol. The molecular formula is C21H24NO6. The molecule has 7 nitrogen and oxygen atoms in total. The molecule has 1 radical (unpaired) electrons. The lowest BCUT2D eigenvalue weighted by Crippen LogP contribution is -2.26. The van der Waals surface area contributed by atoms with Crippen LogP contribution in [0.15, 0.2) is 28.9 Å². The molecule has 0 aromatic heterocycles. The molecule has 2 aliphatic rings. The summed E-state index contributed by atoms with van der Waals surface area (Å²) in [6, 6.07) is 8.28. The van der Waals surface area contributed by atoms with E-state index in [1.54, 1.807) is 12.1 Å². The van der Waals surface area contributed by atoms with Gasteiger partial charge in [0.1, 0.15) is 12.9 Å². The number of carboxylic acid groups (broad SMARTS) is 1. The highest BCUT2D eigenvalue weighted by atomic mass is 16.6. The number of nitrogens with zero attached hydrogens (tertiary/aromatic N) is 1. The summed E-state index contributed by atoms with van der Waals surface area (Å²) < 4.78 is 11.4. The van der Waals surface area contributed by atoms with E-state index in [9.17, 15) is 9.59 Å². The molecule has 2 bridgehead atoms. The number of esters is 1. The topological polar surface area (TPSA) is 94.4 Å². The van der Waals surface area contributed by atoms with Gasteiger partial charge in [0.15, 0.2) is 0 Å². The number of aliphatic carboxylic acids is 1. The minimum absolute atomic E-state index is 0.00615. The Morgan fingerprint density at radius 3 is 2.89 bits per heavy atom. The fourth-order valence-corrected chi connectivity index (χ4v) is 3.72. The maximum Gasteiger partial charge on any atom is 0.311 e. The van der Waals surface area contributed by atoms with Crippen molar-refractivity contribution in [1.82, 2.24) is 0 Å². The van der Waals surface area contributed by atoms with Crippen molar-refractivity contribution in [1.29, 1.82) is 0 Å². The molecule has 1 saturated heterocycles. The first kappa shape index (κ1) is 20.1. The van der Waals surface area contributed by atoms with Gasteiger partial charge in [0.2, 0.25) is 0 Å². The fraction of sp³-hybridized carbons (Fsp3) is 0.476. The number of hydrogen-bond acceptors (Lipinski definition) is 6. The van der Waals surface area contributed by atoms with Crippen LogP contribution in [0.5, 0.6) is 5.75 Å². The van der Waals surface area contributed by atoms with Gasteiger partial charge in [-0.05, 0) is 49.0 Å². The second-order valence-corrected chi connectivity index (χ2v) is 6.80. The number of oxime groups is 1. The van der Waals surface area contributed by atoms with Gasteiger partial charge in [-0.1, -0.05) is 18.1 Å². The Balaban J connectivity index is 1.90. The van der Waals surface area contributed by atoms with Crippen LogP contribution in [0.3, 0.4) is 0 Å². The lowest BCUT2D eigenvalue weighted by Gasteiger charge is -2.28. The SMILES string of the molecule is CCC(=NOC)C1=C(c2cc[c]c(OC(=O)CCC(=O)O)c2)CC2CC[C@@H]1O2. The van der Waals surface area contributed by atoms with Crippen LogP contribution >= 0.6 is 0 Å². The van der Waals surface area contributed by atoms with Gasteiger partial charge in [-0.15, -0.1) is 0 Å². The molecule has 7 heteroatoms. The Bertz CT molecular complexity index is 813. The van der Waals surface area contributed by atoms with Gasteiger partial charge in [-0.25, -0.2) is 0 Å². The number of hydrogen-bond donors (Lipinski definition) is 1. The molecule has 1 N–H and O–H groups in total. The molecule has 2 heterocycles. The van der Waals surface area contributed by atoms with E-state index in [-0.39, 0.29) is 30.8 Å². The summed E-state index contributed by atoms with van der Waals surface area (Å²) in [7, 11) is 1.53. The largest absolute Gasteiger partial charge is 0.481 e. The van der Waals surface area contributed by atoms with Crippen LogP contribution in [0.4, 0.5) is 0 Å². The minimum atomic E-state index is -1.04. The molecule has 1 fully saturated rings. The van der Waals surface area contributed by atoms with Crippen molar-refractivity contribution in [3.63, 3.8) is 0 Å². The zero-order valence-corrected chi connectivity index (χ0v) is 16.1. The van der Waals surface area contributed by atoms with Gasteiger partial charge in [0, 0.05) is 11.6 Å². The van der Waals surface area contributed by atoms with E-state index in [2.05, 4.69) is 11.2 Å². The number of carbonyl (C=O) groups is 2. The van der Waals surface area contributed by atoms with E-state index in [0.717, 1.165) is 41.7 Å². The molecule has 0 saturated carbocycles. The zero-order valence-electron chi connectivity index (χ0n) is 16.1. The van der Waals surface area contributed by atoms with Crippen molar-refractivity contribution in [2.24, 2.45) is 5.16 Å². The van der Waals surface area contributed by atoms with Gasteiger partial charge in [0.25, 0.3) is 0 Å². The Hall–Kier alpha value is -2.67. The molecule has 1 unspecified atom stereocenters. The average Bonchev–Trinajstić information content (AvgIpc) is 3.06. The summed E-state index contributed by atoms with van der Waals surface area (Å²) in [5, 5.41) is 12.9. The first-order valence-corrected chi connectivity index (χ1v) is 9.45. The molecular weight excluding hydrogens is 362 g/mol. The summed E-state index contributed by atoms with van der Waals surface area (Å²) in [5.74, 6) is -1.35. The van der Waals surface area contributed by atoms with E-state index in [1.807, 2.05) is 13.0 Å². The number of ether oxygens (including phenoxy) is 2. The normalized spacial score (nSPS) is 21.6. The van der Waals surface area contributed by atoms with Crippen molar-refractivity contribution >= 4 is 23.2 Å². The summed E-state index contributed by atoms with van der Waals surface area (Å²) in [4.78, 5) is 27.5. The molecule has 2 aliphatic heterocycles. The first-order valence-electron chi connectivity index (χ1n) is 9.45. The van der Waals surface area contributed by atoms with E-state index in [4.69, 9.17) is 19.4 Å². The third-order valence-corrected chi connectivity index (χ3v) is 4.92. The van der Waals surface area contributed by atoms with Gasteiger partial charge in [-0.2, -0.15) is 0 Å². The van der Waals surface area contributed by atoms with Crippen LogP contribution in [0.2, 0.25) is 0 Å². The molecule has 2 atom stereocenters. The Morgan fingerprint density at radius 1 is 1.36 bits per heavy atom. The predicted molar refractivity (Wildman–Crippen MR) is 102 cm³/mol. The van der Waals surface area contributed by atoms with E-state index >= 15 is 0 Å². The number of carbonyl (C=O) groups excluding carboxylic acids is 1. The van der Waals surface area contributed by atoms with E-state index < -0.39 is 11.9 Å². The van der Waals surface area contributed by atoms with Crippen LogP contribution < -0.4 is 4.74 Å². The summed E-state index contributed by atoms with van der Waals surface area (Å²) in [6.07, 6.45) is 3.14. The molecule has 0 spiro atoms. The molecule has 0 amide bonds. The predicted octanol–water partition coefficient (Wildman–Crippen LogP) is 3.37. The highest BCUT2D eigenvalue weighted by molar-refractivity contribution is 6.07. The number of benzene rings is 1. The molecule has 3 rings (SSSR count). The van der Waals surface area contributed by atoms with Gasteiger partial charge in [0.05, 0.1) is 30.8 Å². The summed E-state index contributed by atoms with van der Waals surface area (Å²) in [6.45, 7) is 2.03. The molecule has 149 valence electrons. The number of fused-ring (bicyclic) bond motifs is 2. The first-order chi connectivity index (χ1) is 13.5. The van der Waals surface area contributed by atoms with Crippen LogP contribution in [-0.4, -0.2) is 42.1 Å². The van der Waals surface area contributed by atoms with Gasteiger partial charge >= 0.3 is 11.9 Å². The van der Waals surface area contributed by atoms with Crippen molar-refractivity contribution < 1.29 is 29.0 Å². The van der Waals surface area contributed by atoms with Crippen LogP contribution in [0, 0.1) is 6.07 Å². The molecule has 0 aliphatic carbocycles. The minimum Gasteiger partial charge on any atom is -0.481 e. The van der Waals surface area contributed by atoms with E-state index in [0.29, 0.717) is 6.42 Å². The van der Waals surface area contributed by atoms with Crippen LogP contribution in [0.25, 0.3) is 5.57 Å². The standard InChI is InChI=1S/C21H24NO6/c1-3-17(22-26-2)21-16(12-15-7-8-18(21)27-15)13-5-4-6-14(11-13)28-20(25)10-9-19(23)24/h4-5,11,15,18H,3,7-10,12H2,1-2H3,(H,23,24)/t15?,18-/m0/s1. The highest BCUT2D eigenvalue weighted by Gasteiger charge is 2.37. The third kappa shape index (κ3) is 4.59. The maximum absolute atomic E-state index is 11.8. The fourth-order valence-electron chi connectivity index (χ4n) is 3.72. The number of carboxylic acids is 1. The lowest BCUT2D eigenvalue weighted by molar-refractivity contribution is -0.142. The summed E-state index contributed by atoms with van der Waals surface area (Å²) >= 11 is 0. The van der Waals surface area contributed by atoms with Crippen molar-refractivity contribution in [3.8, 4) is 5.75 Å². The Labute approximate surface area is 164 Å². The highest BCUT2D eigenvalue weighted by Crippen LogP contribution is 2.42. The second-order valence-electron chi connectivity index (χ2n) is 6.80. The molecule has 28 heavy (non-hydrogen) atoms. The molecule has 1 aromatic carbocycles. The third-order valence-electron chi connectivity index (χ3n) is 4.92. The quantitative estimate of drug-likeness (QED) is 0.319. The number of rotatable bonds is 8. The van der Waals surface area contributed by atoms with Crippen LogP contribution in [-0.2, 0) is 19.2 Å². The van der Waals surface area contributed by atoms with Crippen molar-refractivity contribution in [2.45, 2.75) is 57.7 Å². The van der Waals surface area contributed by atoms with Gasteiger partial charge < -0.3 is 19.4 Å².